The molecular formula is C28H27F2N5O6. The van der Waals surface area contributed by atoms with Gasteiger partial charge in [-0.15, -0.1) is 0 Å². The zero-order valence-electron chi connectivity index (χ0n) is 21.7. The van der Waals surface area contributed by atoms with Crippen molar-refractivity contribution in [3.8, 4) is 11.5 Å². The number of hydrogen-bond donors (Lipinski definition) is 4. The molecule has 0 unspecified atom stereocenters. The minimum absolute atomic E-state index is 0.0567. The molecule has 1 aliphatic rings. The smallest absolute Gasteiger partial charge is 0.407 e. The number of rotatable bonds is 8. The van der Waals surface area contributed by atoms with E-state index in [4.69, 9.17) is 9.84 Å². The lowest BCUT2D eigenvalue weighted by molar-refractivity contribution is -0.119. The second kappa shape index (κ2) is 13.3. The van der Waals surface area contributed by atoms with Crippen molar-refractivity contribution in [3.05, 3.63) is 78.0 Å². The summed E-state index contributed by atoms with van der Waals surface area (Å²) in [6.07, 6.45) is 1.68. The summed E-state index contributed by atoms with van der Waals surface area (Å²) in [4.78, 5) is 53.1. The standard InChI is InChI=1S/C28H27F2N5O6/c29-19-3-1-17(2-4-19)13-26(37)34-27(38)32-20-5-6-23(22(30)15-20)41-21-7-10-31-24(16-21)33-25(36)14-18-8-11-35(12-9-18)28(39)40/h1-7,10,15-16,18H,8-9,11-14H2,(H,39,40)(H,31,33,36)(H2,32,34,37,38). The van der Waals surface area contributed by atoms with Gasteiger partial charge in [-0.05, 0) is 54.7 Å². The van der Waals surface area contributed by atoms with Gasteiger partial charge in [-0.3, -0.25) is 14.9 Å². The Morgan fingerprint density at radius 3 is 2.37 bits per heavy atom. The van der Waals surface area contributed by atoms with Gasteiger partial charge in [0.05, 0.1) is 6.42 Å². The van der Waals surface area contributed by atoms with E-state index in [9.17, 15) is 28.0 Å². The molecule has 1 fully saturated rings. The van der Waals surface area contributed by atoms with Gasteiger partial charge >= 0.3 is 12.1 Å². The zero-order chi connectivity index (χ0) is 29.4. The molecule has 0 bridgehead atoms. The van der Waals surface area contributed by atoms with Crippen LogP contribution in [0.25, 0.3) is 0 Å². The number of carbonyl (C=O) groups excluding carboxylic acids is 3. The third-order valence-electron chi connectivity index (χ3n) is 6.31. The maximum atomic E-state index is 14.7. The van der Waals surface area contributed by atoms with Gasteiger partial charge < -0.3 is 25.4 Å². The second-order valence-electron chi connectivity index (χ2n) is 9.39. The number of aromatic nitrogens is 1. The molecule has 5 amide bonds. The predicted molar refractivity (Wildman–Crippen MR) is 144 cm³/mol. The first-order valence-corrected chi connectivity index (χ1v) is 12.7. The van der Waals surface area contributed by atoms with E-state index in [1.54, 1.807) is 0 Å². The number of amides is 5. The molecule has 2 aromatic carbocycles. The van der Waals surface area contributed by atoms with Gasteiger partial charge in [-0.2, -0.15) is 0 Å². The highest BCUT2D eigenvalue weighted by Gasteiger charge is 2.24. The van der Waals surface area contributed by atoms with Crippen molar-refractivity contribution >= 4 is 35.4 Å². The van der Waals surface area contributed by atoms with Crippen molar-refractivity contribution in [1.82, 2.24) is 15.2 Å². The number of imide groups is 1. The van der Waals surface area contributed by atoms with Gasteiger partial charge in [-0.1, -0.05) is 12.1 Å². The summed E-state index contributed by atoms with van der Waals surface area (Å²) in [5.41, 5.74) is 0.583. The molecule has 41 heavy (non-hydrogen) atoms. The van der Waals surface area contributed by atoms with E-state index in [-0.39, 0.29) is 47.7 Å². The highest BCUT2D eigenvalue weighted by molar-refractivity contribution is 6.01. The lowest BCUT2D eigenvalue weighted by atomic mass is 9.93. The number of ether oxygens (including phenoxy) is 1. The minimum atomic E-state index is -0.965. The van der Waals surface area contributed by atoms with Crippen LogP contribution >= 0.6 is 0 Å². The molecule has 0 atom stereocenters. The molecule has 1 aliphatic heterocycles. The topological polar surface area (TPSA) is 150 Å². The molecule has 4 rings (SSSR count). The van der Waals surface area contributed by atoms with E-state index >= 15 is 0 Å². The molecule has 0 spiro atoms. The van der Waals surface area contributed by atoms with Gasteiger partial charge in [0.2, 0.25) is 11.8 Å². The summed E-state index contributed by atoms with van der Waals surface area (Å²) in [7, 11) is 0. The van der Waals surface area contributed by atoms with E-state index < -0.39 is 29.7 Å². The largest absolute Gasteiger partial charge is 0.465 e. The molecule has 0 aliphatic carbocycles. The number of likely N-dealkylation sites (tertiary alicyclic amines) is 1. The quantitative estimate of drug-likeness (QED) is 0.306. The maximum Gasteiger partial charge on any atom is 0.407 e. The van der Waals surface area contributed by atoms with E-state index in [1.807, 2.05) is 0 Å². The van der Waals surface area contributed by atoms with Crippen LogP contribution in [0, 0.1) is 17.6 Å². The highest BCUT2D eigenvalue weighted by Crippen LogP contribution is 2.28. The normalized spacial score (nSPS) is 13.3. The third-order valence-corrected chi connectivity index (χ3v) is 6.31. The first-order valence-electron chi connectivity index (χ1n) is 12.7. The van der Waals surface area contributed by atoms with Crippen LogP contribution in [-0.2, 0) is 16.0 Å². The van der Waals surface area contributed by atoms with Crippen LogP contribution in [0.5, 0.6) is 11.5 Å². The van der Waals surface area contributed by atoms with Crippen molar-refractivity contribution in [2.45, 2.75) is 25.7 Å². The molecule has 11 nitrogen and oxygen atoms in total. The van der Waals surface area contributed by atoms with Gasteiger partial charge in [0.25, 0.3) is 0 Å². The first-order chi connectivity index (χ1) is 19.6. The number of benzene rings is 2. The Kier molecular flexibility index (Phi) is 9.40. The number of carbonyl (C=O) groups is 4. The van der Waals surface area contributed by atoms with Crippen molar-refractivity contribution in [1.29, 1.82) is 0 Å². The number of hydrogen-bond acceptors (Lipinski definition) is 6. The number of pyridine rings is 1. The lowest BCUT2D eigenvalue weighted by Gasteiger charge is -2.29. The molecule has 3 aromatic rings. The molecule has 4 N–H and O–H groups in total. The third kappa shape index (κ3) is 8.71. The summed E-state index contributed by atoms with van der Waals surface area (Å²) < 4.78 is 33.3. The van der Waals surface area contributed by atoms with E-state index in [0.717, 1.165) is 6.07 Å². The highest BCUT2D eigenvalue weighted by atomic mass is 19.1. The Balaban J connectivity index is 1.26. The summed E-state index contributed by atoms with van der Waals surface area (Å²) in [6.45, 7) is 0.768. The Hall–Kier alpha value is -5.07. The Morgan fingerprint density at radius 1 is 0.951 bits per heavy atom. The number of anilines is 2. The van der Waals surface area contributed by atoms with E-state index in [1.165, 1.54) is 59.6 Å². The summed E-state index contributed by atoms with van der Waals surface area (Å²) in [5, 5.41) is 16.2. The van der Waals surface area contributed by atoms with E-state index in [0.29, 0.717) is 31.5 Å². The number of halogens is 2. The molecule has 1 aromatic heterocycles. The molecule has 1 saturated heterocycles. The monoisotopic (exact) mass is 567 g/mol. The number of piperidine rings is 1. The van der Waals surface area contributed by atoms with Crippen molar-refractivity contribution in [3.63, 3.8) is 0 Å². The second-order valence-corrected chi connectivity index (χ2v) is 9.39. The van der Waals surface area contributed by atoms with Crippen LogP contribution in [0.1, 0.15) is 24.8 Å². The van der Waals surface area contributed by atoms with E-state index in [2.05, 4.69) is 20.9 Å². The summed E-state index contributed by atoms with van der Waals surface area (Å²) in [6, 6.07) is 11.0. The van der Waals surface area contributed by atoms with Crippen LogP contribution in [0.4, 0.5) is 29.9 Å². The molecular weight excluding hydrogens is 540 g/mol. The predicted octanol–water partition coefficient (Wildman–Crippen LogP) is 4.76. The van der Waals surface area contributed by atoms with Crippen molar-refractivity contribution in [2.24, 2.45) is 5.92 Å². The fraction of sp³-hybridized carbons (Fsp3) is 0.250. The van der Waals surface area contributed by atoms with Crippen LogP contribution in [-0.4, -0.2) is 52.0 Å². The van der Waals surface area contributed by atoms with Crippen molar-refractivity contribution < 1.29 is 37.8 Å². The van der Waals surface area contributed by atoms with Gasteiger partial charge in [-0.25, -0.2) is 23.4 Å². The molecule has 214 valence electrons. The average Bonchev–Trinajstić information content (AvgIpc) is 2.92. The number of nitrogens with one attached hydrogen (secondary N) is 3. The van der Waals surface area contributed by atoms with Crippen LogP contribution < -0.4 is 20.7 Å². The fourth-order valence-corrected chi connectivity index (χ4v) is 4.24. The van der Waals surface area contributed by atoms with Gasteiger partial charge in [0.15, 0.2) is 11.6 Å². The van der Waals surface area contributed by atoms with Crippen LogP contribution in [0.3, 0.4) is 0 Å². The first kappa shape index (κ1) is 28.9. The SMILES string of the molecule is O=C(Cc1ccc(F)cc1)NC(=O)Nc1ccc(Oc2ccnc(NC(=O)CC3CCN(C(=O)O)CC3)c2)c(F)c1. The van der Waals surface area contributed by atoms with Gasteiger partial charge in [0, 0.05) is 43.5 Å². The molecule has 0 saturated carbocycles. The maximum absolute atomic E-state index is 14.7. The van der Waals surface area contributed by atoms with Crippen molar-refractivity contribution in [2.75, 3.05) is 23.7 Å². The Bertz CT molecular complexity index is 1430. The number of urea groups is 1. The number of nitrogens with zero attached hydrogens (tertiary/aromatic N) is 2. The zero-order valence-corrected chi connectivity index (χ0v) is 21.7. The van der Waals surface area contributed by atoms with Crippen LogP contribution in [0.15, 0.2) is 60.8 Å². The molecule has 13 heteroatoms. The lowest BCUT2D eigenvalue weighted by Crippen LogP contribution is -2.38. The fourth-order valence-electron chi connectivity index (χ4n) is 4.24. The Morgan fingerprint density at radius 2 is 1.68 bits per heavy atom. The van der Waals surface area contributed by atoms with Gasteiger partial charge in [0.1, 0.15) is 17.4 Å². The number of carboxylic acid groups (broad SMARTS) is 1. The minimum Gasteiger partial charge on any atom is -0.465 e. The Labute approximate surface area is 233 Å². The summed E-state index contributed by atoms with van der Waals surface area (Å²) in [5.74, 6) is -1.84. The molecule has 2 heterocycles. The average molecular weight is 568 g/mol. The summed E-state index contributed by atoms with van der Waals surface area (Å²) >= 11 is 0. The van der Waals surface area contributed by atoms with Crippen LogP contribution in [0.2, 0.25) is 0 Å². The molecule has 0 radical (unpaired) electrons.